The fourth-order valence-electron chi connectivity index (χ4n) is 2.90. The highest BCUT2D eigenvalue weighted by atomic mass is 32.2. The van der Waals surface area contributed by atoms with E-state index in [2.05, 4.69) is 10.3 Å². The predicted octanol–water partition coefficient (Wildman–Crippen LogP) is 2.61. The average Bonchev–Trinajstić information content (AvgIpc) is 2.81. The number of pyridine rings is 1. The molecule has 31 heavy (non-hydrogen) atoms. The van der Waals surface area contributed by atoms with E-state index >= 15 is 0 Å². The molecule has 162 valence electrons. The molecule has 1 N–H and O–H groups in total. The molecule has 8 nitrogen and oxygen atoms in total. The smallest absolute Gasteiger partial charge is 0.264 e. The molecule has 3 aromatic rings. The number of nitrogens with zero attached hydrogens (tertiary/aromatic N) is 2. The molecule has 0 saturated carbocycles. The number of hydrogen-bond donors (Lipinski definition) is 1. The zero-order valence-corrected chi connectivity index (χ0v) is 18.0. The summed E-state index contributed by atoms with van der Waals surface area (Å²) >= 11 is 0. The van der Waals surface area contributed by atoms with E-state index in [4.69, 9.17) is 9.47 Å². The van der Waals surface area contributed by atoms with Crippen LogP contribution < -0.4 is 19.1 Å². The van der Waals surface area contributed by atoms with Gasteiger partial charge < -0.3 is 14.8 Å². The fraction of sp³-hybridized carbons (Fsp3) is 0.182. The number of para-hydroxylation sites is 2. The van der Waals surface area contributed by atoms with Gasteiger partial charge in [0.2, 0.25) is 5.91 Å². The lowest BCUT2D eigenvalue weighted by molar-refractivity contribution is -0.119. The zero-order valence-electron chi connectivity index (χ0n) is 17.2. The molecule has 3 rings (SSSR count). The first-order valence-corrected chi connectivity index (χ1v) is 10.8. The molecule has 1 heterocycles. The summed E-state index contributed by atoms with van der Waals surface area (Å²) in [5.41, 5.74) is 1.06. The number of aromatic nitrogens is 1. The summed E-state index contributed by atoms with van der Waals surface area (Å²) in [5, 5.41) is 2.73. The second kappa shape index (κ2) is 9.94. The Morgan fingerprint density at radius 2 is 1.74 bits per heavy atom. The maximum Gasteiger partial charge on any atom is 0.264 e. The van der Waals surface area contributed by atoms with Crippen LogP contribution in [0.3, 0.4) is 0 Å². The van der Waals surface area contributed by atoms with Crippen LogP contribution in [0.4, 0.5) is 5.69 Å². The molecule has 1 aromatic heterocycles. The van der Waals surface area contributed by atoms with Crippen molar-refractivity contribution >= 4 is 21.6 Å². The molecule has 0 bridgehead atoms. The minimum Gasteiger partial charge on any atom is -0.497 e. The second-order valence-corrected chi connectivity index (χ2v) is 8.36. The molecule has 2 aromatic carbocycles. The Morgan fingerprint density at radius 3 is 2.39 bits per heavy atom. The Kier molecular flexibility index (Phi) is 7.09. The normalized spacial score (nSPS) is 10.9. The first kappa shape index (κ1) is 22.1. The Balaban J connectivity index is 1.91. The summed E-state index contributed by atoms with van der Waals surface area (Å²) in [6.45, 7) is -0.190. The van der Waals surface area contributed by atoms with E-state index < -0.39 is 22.5 Å². The van der Waals surface area contributed by atoms with Gasteiger partial charge in [-0.15, -0.1) is 0 Å². The molecule has 0 unspecified atom stereocenters. The minimum absolute atomic E-state index is 0.0271. The highest BCUT2D eigenvalue weighted by Gasteiger charge is 2.29. The SMILES string of the molecule is COc1ccc(S(=O)(=O)N(CC(=O)NCc2cccnc2)c2ccccc2OC)cc1. The monoisotopic (exact) mass is 441 g/mol. The van der Waals surface area contributed by atoms with Crippen molar-refractivity contribution in [2.75, 3.05) is 25.1 Å². The van der Waals surface area contributed by atoms with Gasteiger partial charge in [0.05, 0.1) is 24.8 Å². The van der Waals surface area contributed by atoms with E-state index in [-0.39, 0.29) is 17.1 Å². The van der Waals surface area contributed by atoms with E-state index in [0.29, 0.717) is 11.5 Å². The Bertz CT molecular complexity index is 1120. The van der Waals surface area contributed by atoms with Crippen molar-refractivity contribution in [2.45, 2.75) is 11.4 Å². The van der Waals surface area contributed by atoms with Crippen LogP contribution >= 0.6 is 0 Å². The lowest BCUT2D eigenvalue weighted by Gasteiger charge is -2.25. The number of anilines is 1. The minimum atomic E-state index is -4.07. The van der Waals surface area contributed by atoms with Crippen LogP contribution in [0.2, 0.25) is 0 Å². The largest absolute Gasteiger partial charge is 0.497 e. The molecule has 0 saturated heterocycles. The summed E-state index contributed by atoms with van der Waals surface area (Å²) < 4.78 is 38.4. The van der Waals surface area contributed by atoms with Gasteiger partial charge in [0, 0.05) is 18.9 Å². The van der Waals surface area contributed by atoms with Gasteiger partial charge in [-0.1, -0.05) is 18.2 Å². The number of carbonyl (C=O) groups excluding carboxylic acids is 1. The Hall–Kier alpha value is -3.59. The van der Waals surface area contributed by atoms with Crippen LogP contribution in [0.1, 0.15) is 5.56 Å². The van der Waals surface area contributed by atoms with E-state index in [9.17, 15) is 13.2 Å². The van der Waals surface area contributed by atoms with Crippen molar-refractivity contribution in [3.8, 4) is 11.5 Å². The highest BCUT2D eigenvalue weighted by Crippen LogP contribution is 2.32. The number of hydrogen-bond acceptors (Lipinski definition) is 6. The summed E-state index contributed by atoms with van der Waals surface area (Å²) in [6, 6.07) is 16.2. The highest BCUT2D eigenvalue weighted by molar-refractivity contribution is 7.92. The zero-order chi connectivity index (χ0) is 22.3. The third-order valence-electron chi connectivity index (χ3n) is 4.50. The molecular weight excluding hydrogens is 418 g/mol. The number of sulfonamides is 1. The molecule has 0 spiro atoms. The maximum atomic E-state index is 13.4. The molecule has 0 fully saturated rings. The molecule has 0 atom stereocenters. The van der Waals surface area contributed by atoms with Crippen molar-refractivity contribution in [1.82, 2.24) is 10.3 Å². The quantitative estimate of drug-likeness (QED) is 0.548. The number of carbonyl (C=O) groups is 1. The third kappa shape index (κ3) is 5.32. The van der Waals surface area contributed by atoms with Gasteiger partial charge in [0.15, 0.2) is 0 Å². The van der Waals surface area contributed by atoms with E-state index in [0.717, 1.165) is 9.87 Å². The van der Waals surface area contributed by atoms with E-state index in [1.165, 1.54) is 26.4 Å². The third-order valence-corrected chi connectivity index (χ3v) is 6.27. The Labute approximate surface area is 181 Å². The van der Waals surface area contributed by atoms with E-state index in [1.54, 1.807) is 54.9 Å². The van der Waals surface area contributed by atoms with Crippen molar-refractivity contribution in [2.24, 2.45) is 0 Å². The molecule has 0 aliphatic rings. The van der Waals surface area contributed by atoms with Gasteiger partial charge in [0.1, 0.15) is 18.0 Å². The van der Waals surface area contributed by atoms with Crippen molar-refractivity contribution < 1.29 is 22.7 Å². The molecule has 0 aliphatic heterocycles. The first-order chi connectivity index (χ1) is 15.0. The van der Waals surface area contributed by atoms with Gasteiger partial charge in [-0.3, -0.25) is 14.1 Å². The lowest BCUT2D eigenvalue weighted by atomic mass is 10.3. The summed E-state index contributed by atoms with van der Waals surface area (Å²) in [6.07, 6.45) is 3.27. The number of amides is 1. The number of nitrogens with one attached hydrogen (secondary N) is 1. The number of ether oxygens (including phenoxy) is 2. The van der Waals surface area contributed by atoms with Crippen molar-refractivity contribution in [1.29, 1.82) is 0 Å². The fourth-order valence-corrected chi connectivity index (χ4v) is 4.33. The van der Waals surface area contributed by atoms with Crippen LogP contribution in [0, 0.1) is 0 Å². The van der Waals surface area contributed by atoms with Crippen LogP contribution in [0.15, 0.2) is 78.0 Å². The molecule has 0 radical (unpaired) electrons. The number of benzene rings is 2. The van der Waals surface area contributed by atoms with Crippen LogP contribution in [-0.2, 0) is 21.4 Å². The van der Waals surface area contributed by atoms with E-state index in [1.807, 2.05) is 6.07 Å². The van der Waals surface area contributed by atoms with Crippen molar-refractivity contribution in [3.63, 3.8) is 0 Å². The molecular formula is C22H23N3O5S. The van der Waals surface area contributed by atoms with Gasteiger partial charge in [-0.25, -0.2) is 8.42 Å². The number of methoxy groups -OCH3 is 2. The van der Waals surface area contributed by atoms with Crippen molar-refractivity contribution in [3.05, 3.63) is 78.6 Å². The lowest BCUT2D eigenvalue weighted by Crippen LogP contribution is -2.40. The van der Waals surface area contributed by atoms with Crippen LogP contribution in [0.25, 0.3) is 0 Å². The predicted molar refractivity (Wildman–Crippen MR) is 117 cm³/mol. The molecule has 9 heteroatoms. The Morgan fingerprint density at radius 1 is 1.00 bits per heavy atom. The molecule has 0 aliphatic carbocycles. The maximum absolute atomic E-state index is 13.4. The summed E-state index contributed by atoms with van der Waals surface area (Å²) in [7, 11) is -1.12. The summed E-state index contributed by atoms with van der Waals surface area (Å²) in [4.78, 5) is 16.7. The van der Waals surface area contributed by atoms with Gasteiger partial charge in [-0.2, -0.15) is 0 Å². The second-order valence-electron chi connectivity index (χ2n) is 6.50. The van der Waals surface area contributed by atoms with Gasteiger partial charge >= 0.3 is 0 Å². The topological polar surface area (TPSA) is 97.8 Å². The average molecular weight is 442 g/mol. The van der Waals surface area contributed by atoms with Gasteiger partial charge in [-0.05, 0) is 48.0 Å². The van der Waals surface area contributed by atoms with Gasteiger partial charge in [0.25, 0.3) is 10.0 Å². The van der Waals surface area contributed by atoms with Crippen LogP contribution in [0.5, 0.6) is 11.5 Å². The summed E-state index contributed by atoms with van der Waals surface area (Å²) in [5.74, 6) is 0.392. The molecule has 1 amide bonds. The first-order valence-electron chi connectivity index (χ1n) is 9.41. The van der Waals surface area contributed by atoms with Crippen LogP contribution in [-0.4, -0.2) is 40.1 Å². The standard InChI is InChI=1S/C22H23N3O5S/c1-29-18-9-11-19(12-10-18)31(27,28)25(20-7-3-4-8-21(20)30-2)16-22(26)24-15-17-6-5-13-23-14-17/h3-14H,15-16H2,1-2H3,(H,24,26). The number of rotatable bonds is 9.